The second-order valence-corrected chi connectivity index (χ2v) is 3.98. The molecule has 1 atom stereocenters. The van der Waals surface area contributed by atoms with E-state index in [0.717, 1.165) is 24.5 Å². The van der Waals surface area contributed by atoms with Crippen LogP contribution >= 0.6 is 11.6 Å². The van der Waals surface area contributed by atoms with Gasteiger partial charge in [0.1, 0.15) is 5.60 Å². The fourth-order valence-electron chi connectivity index (χ4n) is 1.72. The second-order valence-electron chi connectivity index (χ2n) is 3.54. The van der Waals surface area contributed by atoms with Gasteiger partial charge in [0.05, 0.1) is 6.61 Å². The first kappa shape index (κ1) is 9.04. The van der Waals surface area contributed by atoms with Gasteiger partial charge >= 0.3 is 0 Å². The van der Waals surface area contributed by atoms with Gasteiger partial charge in [-0.15, -0.1) is 0 Å². The maximum absolute atomic E-state index is 5.92. The summed E-state index contributed by atoms with van der Waals surface area (Å²) in [5.41, 5.74) is 1.22. The Morgan fingerprint density at radius 1 is 1.54 bits per heavy atom. The molecule has 0 spiro atoms. The predicted molar refractivity (Wildman–Crippen MR) is 54.0 cm³/mol. The van der Waals surface area contributed by atoms with Crippen LogP contribution in [0.15, 0.2) is 24.3 Å². The summed E-state index contributed by atoms with van der Waals surface area (Å²) in [6.07, 6.45) is 2.24. The summed E-state index contributed by atoms with van der Waals surface area (Å²) in [5, 5.41) is 0.795. The Hall–Kier alpha value is -0.530. The molecule has 1 heterocycles. The lowest BCUT2D eigenvalue weighted by molar-refractivity contribution is 0.291. The minimum Gasteiger partial charge on any atom is -0.365 e. The van der Waals surface area contributed by atoms with Gasteiger partial charge in [0, 0.05) is 5.02 Å². The molecule has 2 heteroatoms. The summed E-state index contributed by atoms with van der Waals surface area (Å²) in [6.45, 7) is 3.02. The molecule has 1 fully saturated rings. The molecule has 1 unspecified atom stereocenters. The van der Waals surface area contributed by atoms with Crippen molar-refractivity contribution < 1.29 is 4.74 Å². The Morgan fingerprint density at radius 2 is 2.31 bits per heavy atom. The number of halogens is 1. The predicted octanol–water partition coefficient (Wildman–Crippen LogP) is 3.37. The van der Waals surface area contributed by atoms with Crippen LogP contribution in [-0.4, -0.2) is 6.61 Å². The molecule has 1 aromatic rings. The zero-order chi connectivity index (χ0) is 9.31. The van der Waals surface area contributed by atoms with Crippen LogP contribution in [0.2, 0.25) is 5.02 Å². The van der Waals surface area contributed by atoms with Gasteiger partial charge in [0.2, 0.25) is 0 Å². The van der Waals surface area contributed by atoms with Crippen LogP contribution in [0.3, 0.4) is 0 Å². The third kappa shape index (κ3) is 1.72. The highest BCUT2D eigenvalue weighted by molar-refractivity contribution is 6.30. The van der Waals surface area contributed by atoms with Crippen LogP contribution in [0, 0.1) is 0 Å². The van der Waals surface area contributed by atoms with Crippen molar-refractivity contribution >= 4 is 11.6 Å². The number of rotatable bonds is 3. The normalized spacial score (nSPS) is 26.0. The lowest BCUT2D eigenvalue weighted by atomic mass is 9.95. The van der Waals surface area contributed by atoms with E-state index >= 15 is 0 Å². The SMILES string of the molecule is CCCC1(c2cccc(Cl)c2)CO1. The smallest absolute Gasteiger partial charge is 0.117 e. The first-order valence-electron chi connectivity index (χ1n) is 4.67. The van der Waals surface area contributed by atoms with E-state index < -0.39 is 0 Å². The van der Waals surface area contributed by atoms with Crippen molar-refractivity contribution in [1.82, 2.24) is 0 Å². The van der Waals surface area contributed by atoms with Gasteiger partial charge in [0.25, 0.3) is 0 Å². The van der Waals surface area contributed by atoms with Crippen LogP contribution < -0.4 is 0 Å². The van der Waals surface area contributed by atoms with Crippen molar-refractivity contribution in [2.45, 2.75) is 25.4 Å². The van der Waals surface area contributed by atoms with Gasteiger partial charge in [-0.05, 0) is 24.1 Å². The van der Waals surface area contributed by atoms with Gasteiger partial charge < -0.3 is 4.74 Å². The first-order valence-corrected chi connectivity index (χ1v) is 5.05. The summed E-state index contributed by atoms with van der Waals surface area (Å²) >= 11 is 5.92. The molecule has 1 aromatic carbocycles. The molecule has 1 nitrogen and oxygen atoms in total. The lowest BCUT2D eigenvalue weighted by Gasteiger charge is -2.10. The third-order valence-corrected chi connectivity index (χ3v) is 2.73. The highest BCUT2D eigenvalue weighted by Gasteiger charge is 2.45. The molecule has 13 heavy (non-hydrogen) atoms. The molecule has 0 amide bonds. The maximum Gasteiger partial charge on any atom is 0.117 e. The van der Waals surface area contributed by atoms with Crippen molar-refractivity contribution in [3.05, 3.63) is 34.9 Å². The summed E-state index contributed by atoms with van der Waals surface area (Å²) < 4.78 is 5.52. The summed E-state index contributed by atoms with van der Waals surface area (Å²) in [4.78, 5) is 0. The van der Waals surface area contributed by atoms with E-state index in [1.165, 1.54) is 5.56 Å². The molecule has 0 aromatic heterocycles. The van der Waals surface area contributed by atoms with E-state index in [0.29, 0.717) is 0 Å². The number of epoxide rings is 1. The van der Waals surface area contributed by atoms with Crippen LogP contribution in [0.4, 0.5) is 0 Å². The molecular formula is C11H13ClO. The van der Waals surface area contributed by atoms with Gasteiger partial charge in [-0.3, -0.25) is 0 Å². The minimum atomic E-state index is -0.000347. The van der Waals surface area contributed by atoms with Crippen LogP contribution in [0.25, 0.3) is 0 Å². The maximum atomic E-state index is 5.92. The van der Waals surface area contributed by atoms with Crippen molar-refractivity contribution in [1.29, 1.82) is 0 Å². The molecule has 0 aliphatic carbocycles. The van der Waals surface area contributed by atoms with Gasteiger partial charge in [-0.1, -0.05) is 37.1 Å². The lowest BCUT2D eigenvalue weighted by Crippen LogP contribution is -2.07. The summed E-state index contributed by atoms with van der Waals surface area (Å²) in [7, 11) is 0. The monoisotopic (exact) mass is 196 g/mol. The summed E-state index contributed by atoms with van der Waals surface area (Å²) in [5.74, 6) is 0. The number of hydrogen-bond acceptors (Lipinski definition) is 1. The number of hydrogen-bond donors (Lipinski definition) is 0. The van der Waals surface area contributed by atoms with E-state index in [1.807, 2.05) is 18.2 Å². The topological polar surface area (TPSA) is 12.5 Å². The van der Waals surface area contributed by atoms with Crippen molar-refractivity contribution in [2.75, 3.05) is 6.61 Å². The Morgan fingerprint density at radius 3 is 2.85 bits per heavy atom. The van der Waals surface area contributed by atoms with E-state index in [9.17, 15) is 0 Å². The minimum absolute atomic E-state index is 0.000347. The average molecular weight is 197 g/mol. The Labute approximate surface area is 83.7 Å². The first-order chi connectivity index (χ1) is 6.27. The average Bonchev–Trinajstić information content (AvgIpc) is 2.86. The van der Waals surface area contributed by atoms with Gasteiger partial charge in [-0.2, -0.15) is 0 Å². The van der Waals surface area contributed by atoms with E-state index in [2.05, 4.69) is 13.0 Å². The quantitative estimate of drug-likeness (QED) is 0.676. The summed E-state index contributed by atoms with van der Waals surface area (Å²) in [6, 6.07) is 7.97. The van der Waals surface area contributed by atoms with Crippen molar-refractivity contribution in [3.63, 3.8) is 0 Å². The fraction of sp³-hybridized carbons (Fsp3) is 0.455. The highest BCUT2D eigenvalue weighted by atomic mass is 35.5. The molecule has 1 saturated heterocycles. The fourth-order valence-corrected chi connectivity index (χ4v) is 1.91. The van der Waals surface area contributed by atoms with Crippen LogP contribution in [-0.2, 0) is 10.3 Å². The molecular weight excluding hydrogens is 184 g/mol. The van der Waals surface area contributed by atoms with E-state index in [-0.39, 0.29) is 5.60 Å². The third-order valence-electron chi connectivity index (χ3n) is 2.50. The van der Waals surface area contributed by atoms with Crippen molar-refractivity contribution in [3.8, 4) is 0 Å². The van der Waals surface area contributed by atoms with Gasteiger partial charge in [0.15, 0.2) is 0 Å². The van der Waals surface area contributed by atoms with E-state index in [4.69, 9.17) is 16.3 Å². The molecule has 2 rings (SSSR count). The molecule has 0 N–H and O–H groups in total. The largest absolute Gasteiger partial charge is 0.365 e. The Kier molecular flexibility index (Phi) is 2.31. The standard InChI is InChI=1S/C11H13ClO/c1-2-6-11(8-13-11)9-4-3-5-10(12)7-9/h3-5,7H,2,6,8H2,1H3. The zero-order valence-corrected chi connectivity index (χ0v) is 8.47. The molecule has 1 aliphatic rings. The van der Waals surface area contributed by atoms with Gasteiger partial charge in [-0.25, -0.2) is 0 Å². The van der Waals surface area contributed by atoms with E-state index in [1.54, 1.807) is 0 Å². The molecule has 1 aliphatic heterocycles. The Balaban J connectivity index is 2.25. The second kappa shape index (κ2) is 3.32. The highest BCUT2D eigenvalue weighted by Crippen LogP contribution is 2.43. The molecule has 70 valence electrons. The Bertz CT molecular complexity index is 305. The molecule has 0 saturated carbocycles. The molecule has 0 bridgehead atoms. The van der Waals surface area contributed by atoms with Crippen molar-refractivity contribution in [2.24, 2.45) is 0 Å². The zero-order valence-electron chi connectivity index (χ0n) is 7.72. The van der Waals surface area contributed by atoms with Crippen LogP contribution in [0.1, 0.15) is 25.3 Å². The number of ether oxygens (including phenoxy) is 1. The molecule has 0 radical (unpaired) electrons. The van der Waals surface area contributed by atoms with Crippen LogP contribution in [0.5, 0.6) is 0 Å². The number of benzene rings is 1.